The molecule has 1 rings (SSSR count). The first-order chi connectivity index (χ1) is 7.82. The van der Waals surface area contributed by atoms with E-state index in [1.165, 1.54) is 6.07 Å². The molecule has 0 N–H and O–H groups in total. The van der Waals surface area contributed by atoms with Crippen molar-refractivity contribution in [1.82, 2.24) is 0 Å². The van der Waals surface area contributed by atoms with E-state index in [-0.39, 0.29) is 10.0 Å². The van der Waals surface area contributed by atoms with E-state index >= 15 is 0 Å². The zero-order chi connectivity index (χ0) is 13.2. The Morgan fingerprint density at radius 3 is 2.47 bits per heavy atom. The lowest BCUT2D eigenvalue weighted by Crippen LogP contribution is -2.11. The molecule has 0 radical (unpaired) electrons. The van der Waals surface area contributed by atoms with Crippen molar-refractivity contribution in [2.24, 2.45) is 0 Å². The number of hydrogen-bond acceptors (Lipinski definition) is 3. The van der Waals surface area contributed by atoms with Crippen molar-refractivity contribution in [1.29, 1.82) is 5.26 Å². The minimum Gasteiger partial charge on any atom is -0.465 e. The van der Waals surface area contributed by atoms with Crippen LogP contribution in [-0.2, 0) is 10.9 Å². The van der Waals surface area contributed by atoms with Gasteiger partial charge in [-0.1, -0.05) is 0 Å². The molecule has 0 saturated carbocycles. The third kappa shape index (κ3) is 2.58. The van der Waals surface area contributed by atoms with Crippen molar-refractivity contribution in [2.75, 3.05) is 7.11 Å². The van der Waals surface area contributed by atoms with E-state index in [9.17, 15) is 18.0 Å². The van der Waals surface area contributed by atoms with Gasteiger partial charge in [-0.15, -0.1) is 0 Å². The number of nitrogens with zero attached hydrogens (tertiary/aromatic N) is 1. The molecule has 0 unspecified atom stereocenters. The van der Waals surface area contributed by atoms with E-state index in [0.717, 1.165) is 13.2 Å². The quantitative estimate of drug-likeness (QED) is 0.749. The first-order valence-corrected chi connectivity index (χ1v) is 5.00. The van der Waals surface area contributed by atoms with Crippen LogP contribution in [0.3, 0.4) is 0 Å². The molecule has 1 aromatic rings. The molecule has 0 aliphatic heterocycles. The van der Waals surface area contributed by atoms with Crippen LogP contribution in [0.15, 0.2) is 16.6 Å². The molecular formula is C10H5BrF3NO2. The molecule has 0 saturated heterocycles. The summed E-state index contributed by atoms with van der Waals surface area (Å²) in [5, 5.41) is 8.71. The van der Waals surface area contributed by atoms with Crippen LogP contribution in [0.4, 0.5) is 13.2 Å². The average Bonchev–Trinajstić information content (AvgIpc) is 2.26. The van der Waals surface area contributed by atoms with Crippen molar-refractivity contribution >= 4 is 21.9 Å². The highest BCUT2D eigenvalue weighted by Crippen LogP contribution is 2.36. The standard InChI is InChI=1S/C10H5BrF3NO2/c1-17-9(16)5-2-3-7(10(12,13)14)6(4-15)8(5)11/h2-3H,1H3. The fourth-order valence-electron chi connectivity index (χ4n) is 1.19. The van der Waals surface area contributed by atoms with Crippen molar-refractivity contribution in [2.45, 2.75) is 6.18 Å². The number of ether oxygens (including phenoxy) is 1. The van der Waals surface area contributed by atoms with Crippen LogP contribution in [0.5, 0.6) is 0 Å². The molecule has 0 aromatic heterocycles. The highest BCUT2D eigenvalue weighted by molar-refractivity contribution is 9.10. The summed E-state index contributed by atoms with van der Waals surface area (Å²) in [5.74, 6) is -0.818. The van der Waals surface area contributed by atoms with Gasteiger partial charge >= 0.3 is 12.1 Å². The average molecular weight is 308 g/mol. The van der Waals surface area contributed by atoms with Crippen molar-refractivity contribution in [3.63, 3.8) is 0 Å². The Labute approximate surface area is 103 Å². The van der Waals surface area contributed by atoms with Gasteiger partial charge in [-0.3, -0.25) is 0 Å². The van der Waals surface area contributed by atoms with Crippen LogP contribution in [0.1, 0.15) is 21.5 Å². The second-order valence-corrected chi connectivity index (χ2v) is 3.74. The number of nitriles is 1. The zero-order valence-electron chi connectivity index (χ0n) is 8.43. The number of hydrogen-bond donors (Lipinski definition) is 0. The molecule has 90 valence electrons. The summed E-state index contributed by atoms with van der Waals surface area (Å²) in [6.07, 6.45) is -4.65. The van der Waals surface area contributed by atoms with Gasteiger partial charge in [-0.2, -0.15) is 18.4 Å². The zero-order valence-corrected chi connectivity index (χ0v) is 10.0. The van der Waals surface area contributed by atoms with E-state index in [2.05, 4.69) is 20.7 Å². The van der Waals surface area contributed by atoms with E-state index in [1.54, 1.807) is 0 Å². The van der Waals surface area contributed by atoms with Crippen LogP contribution in [0.2, 0.25) is 0 Å². The molecule has 1 aromatic carbocycles. The lowest BCUT2D eigenvalue weighted by atomic mass is 10.0. The van der Waals surface area contributed by atoms with Gasteiger partial charge in [-0.05, 0) is 28.1 Å². The number of methoxy groups -OCH3 is 1. The predicted molar refractivity (Wildman–Crippen MR) is 55.2 cm³/mol. The Bertz CT molecular complexity index is 505. The fourth-order valence-corrected chi connectivity index (χ4v) is 1.79. The monoisotopic (exact) mass is 307 g/mol. The molecule has 0 spiro atoms. The summed E-state index contributed by atoms with van der Waals surface area (Å²) in [7, 11) is 1.10. The Kier molecular flexibility index (Phi) is 3.78. The van der Waals surface area contributed by atoms with Crippen LogP contribution < -0.4 is 0 Å². The van der Waals surface area contributed by atoms with Crippen molar-refractivity contribution < 1.29 is 22.7 Å². The first kappa shape index (κ1) is 13.5. The summed E-state index contributed by atoms with van der Waals surface area (Å²) in [4.78, 5) is 11.2. The van der Waals surface area contributed by atoms with Gasteiger partial charge in [-0.25, -0.2) is 4.79 Å². The van der Waals surface area contributed by atoms with Gasteiger partial charge < -0.3 is 4.74 Å². The highest BCUT2D eigenvalue weighted by atomic mass is 79.9. The molecule has 0 atom stereocenters. The van der Waals surface area contributed by atoms with Gasteiger partial charge in [0, 0.05) is 0 Å². The van der Waals surface area contributed by atoms with E-state index in [4.69, 9.17) is 5.26 Å². The van der Waals surface area contributed by atoms with Gasteiger partial charge in [0.05, 0.1) is 28.3 Å². The number of benzene rings is 1. The smallest absolute Gasteiger partial charge is 0.417 e. The van der Waals surface area contributed by atoms with Gasteiger partial charge in [0.25, 0.3) is 0 Å². The van der Waals surface area contributed by atoms with Gasteiger partial charge in [0.15, 0.2) is 0 Å². The Balaban J connectivity index is 3.50. The van der Waals surface area contributed by atoms with E-state index < -0.39 is 23.3 Å². The molecule has 0 aliphatic carbocycles. The summed E-state index contributed by atoms with van der Waals surface area (Å²) in [6, 6.07) is 3.05. The molecule has 17 heavy (non-hydrogen) atoms. The Morgan fingerprint density at radius 2 is 2.06 bits per heavy atom. The number of esters is 1. The normalized spacial score (nSPS) is 10.8. The molecule has 0 amide bonds. The van der Waals surface area contributed by atoms with E-state index in [0.29, 0.717) is 6.07 Å². The van der Waals surface area contributed by atoms with Crippen molar-refractivity contribution in [3.8, 4) is 6.07 Å². The predicted octanol–water partition coefficient (Wildman–Crippen LogP) is 3.13. The maximum absolute atomic E-state index is 12.5. The SMILES string of the molecule is COC(=O)c1ccc(C(F)(F)F)c(C#N)c1Br. The van der Waals surface area contributed by atoms with Gasteiger partial charge in [0.1, 0.15) is 6.07 Å². The highest BCUT2D eigenvalue weighted by Gasteiger charge is 2.35. The second-order valence-electron chi connectivity index (χ2n) is 2.95. The van der Waals surface area contributed by atoms with Crippen LogP contribution in [0, 0.1) is 11.3 Å². The first-order valence-electron chi connectivity index (χ1n) is 4.21. The molecule has 7 heteroatoms. The molecule has 0 heterocycles. The molecule has 0 fully saturated rings. The maximum Gasteiger partial charge on any atom is 0.417 e. The molecule has 3 nitrogen and oxygen atoms in total. The third-order valence-corrected chi connectivity index (χ3v) is 2.79. The lowest BCUT2D eigenvalue weighted by Gasteiger charge is -2.11. The molecule has 0 aliphatic rings. The number of halogens is 4. The number of carbonyl (C=O) groups excluding carboxylic acids is 1. The van der Waals surface area contributed by atoms with Crippen molar-refractivity contribution in [3.05, 3.63) is 33.3 Å². The summed E-state index contributed by atoms with van der Waals surface area (Å²) in [6.45, 7) is 0. The van der Waals surface area contributed by atoms with E-state index in [1.807, 2.05) is 0 Å². The van der Waals surface area contributed by atoms with Crippen LogP contribution in [-0.4, -0.2) is 13.1 Å². The second kappa shape index (κ2) is 4.75. The topological polar surface area (TPSA) is 50.1 Å². The fraction of sp³-hybridized carbons (Fsp3) is 0.200. The van der Waals surface area contributed by atoms with Gasteiger partial charge in [0.2, 0.25) is 0 Å². The molecular weight excluding hydrogens is 303 g/mol. The Morgan fingerprint density at radius 1 is 1.47 bits per heavy atom. The number of alkyl halides is 3. The van der Waals surface area contributed by atoms with Crippen LogP contribution >= 0.6 is 15.9 Å². The lowest BCUT2D eigenvalue weighted by molar-refractivity contribution is -0.137. The molecule has 0 bridgehead atoms. The number of carbonyl (C=O) groups is 1. The number of rotatable bonds is 1. The minimum absolute atomic E-state index is 0.128. The Hall–Kier alpha value is -1.55. The summed E-state index contributed by atoms with van der Waals surface area (Å²) in [5.41, 5.74) is -1.86. The third-order valence-electron chi connectivity index (χ3n) is 1.96. The maximum atomic E-state index is 12.5. The summed E-state index contributed by atoms with van der Waals surface area (Å²) >= 11 is 2.80. The summed E-state index contributed by atoms with van der Waals surface area (Å²) < 4.78 is 41.8. The minimum atomic E-state index is -4.65. The largest absolute Gasteiger partial charge is 0.465 e. The van der Waals surface area contributed by atoms with Crippen LogP contribution in [0.25, 0.3) is 0 Å².